The van der Waals surface area contributed by atoms with E-state index in [0.717, 1.165) is 27.0 Å². The van der Waals surface area contributed by atoms with E-state index < -0.39 is 11.0 Å². The number of quaternary nitrogens is 1. The summed E-state index contributed by atoms with van der Waals surface area (Å²) in [6, 6.07) is 15.8. The Morgan fingerprint density at radius 1 is 1.06 bits per heavy atom. The summed E-state index contributed by atoms with van der Waals surface area (Å²) in [4.78, 5) is 24.3. The van der Waals surface area contributed by atoms with Crippen LogP contribution in [-0.4, -0.2) is 38.1 Å². The van der Waals surface area contributed by atoms with E-state index in [-0.39, 0.29) is 17.3 Å². The van der Waals surface area contributed by atoms with Crippen LogP contribution in [0.25, 0.3) is 10.8 Å². The van der Waals surface area contributed by atoms with Gasteiger partial charge in [-0.15, -0.1) is 0 Å². The Labute approximate surface area is 180 Å². The van der Waals surface area contributed by atoms with Crippen LogP contribution in [-0.2, 0) is 11.3 Å². The van der Waals surface area contributed by atoms with Crippen molar-refractivity contribution < 1.29 is 24.1 Å². The maximum atomic E-state index is 12.8. The Kier molecular flexibility index (Phi) is 6.71. The molecule has 0 aliphatic rings. The highest BCUT2D eigenvalue weighted by Gasteiger charge is 2.24. The van der Waals surface area contributed by atoms with E-state index in [1.807, 2.05) is 44.3 Å². The van der Waals surface area contributed by atoms with Crippen LogP contribution < -0.4 is 19.7 Å². The van der Waals surface area contributed by atoms with E-state index >= 15 is 0 Å². The summed E-state index contributed by atoms with van der Waals surface area (Å²) in [5.74, 6) is 0.931. The largest absolute Gasteiger partial charge is 0.497 e. The summed E-state index contributed by atoms with van der Waals surface area (Å²) in [6.45, 7) is 2.46. The molecule has 1 unspecified atom stereocenters. The Morgan fingerprint density at radius 3 is 2.45 bits per heavy atom. The summed E-state index contributed by atoms with van der Waals surface area (Å²) < 4.78 is 10.5. The third-order valence-corrected chi connectivity index (χ3v) is 5.38. The van der Waals surface area contributed by atoms with Gasteiger partial charge in [-0.3, -0.25) is 14.9 Å². The molecule has 0 aliphatic heterocycles. The summed E-state index contributed by atoms with van der Waals surface area (Å²) >= 11 is 0. The number of methoxy groups -OCH3 is 2. The quantitative estimate of drug-likeness (QED) is 0.428. The number of hydrogen-bond acceptors (Lipinski definition) is 5. The average molecular weight is 424 g/mol. The lowest BCUT2D eigenvalue weighted by atomic mass is 10.1. The summed E-state index contributed by atoms with van der Waals surface area (Å²) in [6.07, 6.45) is 0. The number of nitrogens with one attached hydrogen (secondary N) is 2. The third kappa shape index (κ3) is 5.10. The van der Waals surface area contributed by atoms with E-state index in [1.165, 1.54) is 25.3 Å². The van der Waals surface area contributed by atoms with E-state index in [9.17, 15) is 14.9 Å². The Bertz CT molecular complexity index is 1120. The van der Waals surface area contributed by atoms with Crippen molar-refractivity contribution in [2.45, 2.75) is 19.5 Å². The molecule has 0 spiro atoms. The first-order valence-electron chi connectivity index (χ1n) is 9.84. The number of fused-ring (bicyclic) bond motifs is 1. The molecular weight excluding hydrogens is 398 g/mol. The second kappa shape index (κ2) is 9.44. The second-order valence-corrected chi connectivity index (χ2v) is 7.42. The molecule has 1 amide bonds. The van der Waals surface area contributed by atoms with E-state index in [1.54, 1.807) is 7.11 Å². The van der Waals surface area contributed by atoms with Crippen LogP contribution in [0.4, 0.5) is 11.4 Å². The van der Waals surface area contributed by atoms with Gasteiger partial charge in [0, 0.05) is 17.7 Å². The number of rotatable bonds is 8. The van der Waals surface area contributed by atoms with Gasteiger partial charge in [0.1, 0.15) is 18.0 Å². The molecule has 0 aliphatic carbocycles. The number of amides is 1. The number of hydrogen-bond donors (Lipinski definition) is 2. The second-order valence-electron chi connectivity index (χ2n) is 7.42. The fourth-order valence-corrected chi connectivity index (χ4v) is 3.36. The Balaban J connectivity index is 1.72. The van der Waals surface area contributed by atoms with Gasteiger partial charge < -0.3 is 19.7 Å². The highest BCUT2D eigenvalue weighted by molar-refractivity contribution is 5.95. The van der Waals surface area contributed by atoms with Gasteiger partial charge in [0.05, 0.1) is 31.9 Å². The first kappa shape index (κ1) is 22.0. The van der Waals surface area contributed by atoms with Gasteiger partial charge in [0.25, 0.3) is 11.6 Å². The van der Waals surface area contributed by atoms with Crippen LogP contribution in [0.15, 0.2) is 54.6 Å². The van der Waals surface area contributed by atoms with Gasteiger partial charge in [-0.1, -0.05) is 18.2 Å². The number of carbonyl (C=O) groups is 1. The minimum Gasteiger partial charge on any atom is -0.497 e. The van der Waals surface area contributed by atoms with Gasteiger partial charge in [-0.2, -0.15) is 0 Å². The minimum atomic E-state index is -0.509. The zero-order chi connectivity index (χ0) is 22.5. The fourth-order valence-electron chi connectivity index (χ4n) is 3.36. The third-order valence-electron chi connectivity index (χ3n) is 5.38. The number of nitrogens with zero attached hydrogens (tertiary/aromatic N) is 1. The molecule has 3 aromatic carbocycles. The molecule has 31 heavy (non-hydrogen) atoms. The lowest BCUT2D eigenvalue weighted by Gasteiger charge is -2.22. The molecule has 0 saturated heterocycles. The van der Waals surface area contributed by atoms with Crippen LogP contribution in [0.2, 0.25) is 0 Å². The van der Waals surface area contributed by atoms with Crippen molar-refractivity contribution in [3.8, 4) is 11.5 Å². The first-order chi connectivity index (χ1) is 14.8. The maximum Gasteiger partial charge on any atom is 0.282 e. The average Bonchev–Trinajstić information content (AvgIpc) is 2.77. The summed E-state index contributed by atoms with van der Waals surface area (Å²) in [7, 11) is 5.03. The van der Waals surface area contributed by atoms with Crippen molar-refractivity contribution in [1.29, 1.82) is 0 Å². The lowest BCUT2D eigenvalue weighted by Crippen LogP contribution is -3.12. The van der Waals surface area contributed by atoms with Gasteiger partial charge in [-0.05, 0) is 42.0 Å². The number of non-ortho nitro benzene ring substituents is 1. The molecule has 2 N–H and O–H groups in total. The molecular formula is C23H26N3O5+. The predicted octanol–water partition coefficient (Wildman–Crippen LogP) is 2.81. The summed E-state index contributed by atoms with van der Waals surface area (Å²) in [5, 5.41) is 16.0. The van der Waals surface area contributed by atoms with Gasteiger partial charge in [-0.25, -0.2) is 0 Å². The van der Waals surface area contributed by atoms with Crippen molar-refractivity contribution in [3.63, 3.8) is 0 Å². The molecule has 0 heterocycles. The molecule has 8 nitrogen and oxygen atoms in total. The molecule has 8 heteroatoms. The van der Waals surface area contributed by atoms with Gasteiger partial charge in [0.2, 0.25) is 0 Å². The highest BCUT2D eigenvalue weighted by Crippen LogP contribution is 2.29. The molecule has 2 atom stereocenters. The monoisotopic (exact) mass is 424 g/mol. The van der Waals surface area contributed by atoms with Crippen molar-refractivity contribution in [1.82, 2.24) is 0 Å². The van der Waals surface area contributed by atoms with Gasteiger partial charge in [0.15, 0.2) is 6.04 Å². The SMILES string of the molecule is COc1ccc2cc(C[NH+](C)[C@H](C)C(=O)Nc3cc([N+](=O)[O-])ccc3OC)ccc2c1. The van der Waals surface area contributed by atoms with E-state index in [0.29, 0.717) is 12.3 Å². The predicted molar refractivity (Wildman–Crippen MR) is 119 cm³/mol. The topological polar surface area (TPSA) is 95.1 Å². The van der Waals surface area contributed by atoms with Crippen molar-refractivity contribution >= 4 is 28.1 Å². The smallest absolute Gasteiger partial charge is 0.282 e. The zero-order valence-electron chi connectivity index (χ0n) is 18.0. The molecule has 3 rings (SSSR count). The number of ether oxygens (including phenoxy) is 2. The van der Waals surface area contributed by atoms with Crippen LogP contribution in [0.1, 0.15) is 12.5 Å². The van der Waals surface area contributed by atoms with Crippen molar-refractivity contribution in [2.24, 2.45) is 0 Å². The van der Waals surface area contributed by atoms with Crippen LogP contribution in [0.3, 0.4) is 0 Å². The van der Waals surface area contributed by atoms with Crippen molar-refractivity contribution in [2.75, 3.05) is 26.6 Å². The number of nitro benzene ring substituents is 1. The maximum absolute atomic E-state index is 12.8. The van der Waals surface area contributed by atoms with E-state index in [2.05, 4.69) is 11.4 Å². The number of likely N-dealkylation sites (N-methyl/N-ethyl adjacent to an activating group) is 1. The van der Waals surface area contributed by atoms with Crippen molar-refractivity contribution in [3.05, 3.63) is 70.3 Å². The Hall–Kier alpha value is -3.65. The molecule has 0 bridgehead atoms. The normalized spacial score (nSPS) is 12.8. The number of benzene rings is 3. The number of anilines is 1. The van der Waals surface area contributed by atoms with Crippen LogP contribution in [0.5, 0.6) is 11.5 Å². The molecule has 0 saturated carbocycles. The Morgan fingerprint density at radius 2 is 1.77 bits per heavy atom. The molecule has 0 fully saturated rings. The molecule has 3 aromatic rings. The lowest BCUT2D eigenvalue weighted by molar-refractivity contribution is -0.907. The number of nitro groups is 1. The standard InChI is InChI=1S/C23H25N3O5/c1-15(23(27)24-21-13-19(26(28)29)8-10-22(21)31-4)25(2)14-16-5-6-18-12-20(30-3)9-7-17(18)11-16/h5-13,15H,14H2,1-4H3,(H,24,27)/p+1/t15-/m1/s1. The van der Waals surface area contributed by atoms with Gasteiger partial charge >= 0.3 is 0 Å². The fraction of sp³-hybridized carbons (Fsp3) is 0.261. The highest BCUT2D eigenvalue weighted by atomic mass is 16.6. The van der Waals surface area contributed by atoms with E-state index in [4.69, 9.17) is 9.47 Å². The van der Waals surface area contributed by atoms with Crippen LogP contribution in [0, 0.1) is 10.1 Å². The molecule has 0 aromatic heterocycles. The first-order valence-corrected chi connectivity index (χ1v) is 9.84. The summed E-state index contributed by atoms with van der Waals surface area (Å²) in [5.41, 5.74) is 1.26. The molecule has 0 radical (unpaired) electrons. The minimum absolute atomic E-state index is 0.114. The molecule has 162 valence electrons. The zero-order valence-corrected chi connectivity index (χ0v) is 18.0. The van der Waals surface area contributed by atoms with Crippen LogP contribution >= 0.6 is 0 Å². The number of carbonyl (C=O) groups excluding carboxylic acids is 1.